The van der Waals surface area contributed by atoms with Crippen molar-refractivity contribution >= 4 is 11.8 Å². The van der Waals surface area contributed by atoms with Gasteiger partial charge in [0.1, 0.15) is 12.1 Å². The van der Waals surface area contributed by atoms with E-state index in [1.807, 2.05) is 0 Å². The van der Waals surface area contributed by atoms with Crippen LogP contribution in [0.2, 0.25) is 0 Å². The quantitative estimate of drug-likeness (QED) is 0.607. The topological polar surface area (TPSA) is 49.4 Å². The van der Waals surface area contributed by atoms with Crippen molar-refractivity contribution in [2.75, 3.05) is 7.05 Å². The number of likely N-dealkylation sites (N-methyl/N-ethyl adjacent to an activating group) is 1. The highest BCUT2D eigenvalue weighted by atomic mass is 16.2. The monoisotopic (exact) mass is 182 g/mol. The van der Waals surface area contributed by atoms with Crippen LogP contribution in [0.15, 0.2) is 0 Å². The fourth-order valence-corrected chi connectivity index (χ4v) is 1.67. The summed E-state index contributed by atoms with van der Waals surface area (Å²) < 4.78 is 0. The standard InChI is InChI=1S/C9H14N2O2/c1-5-8(12)10-7(6-3-4-6)9(13)11(5)2/h5-7H,3-4H2,1-2H3,(H,10,12). The molecule has 1 aliphatic heterocycles. The Hall–Kier alpha value is -1.06. The number of carbonyl (C=O) groups is 2. The zero-order valence-corrected chi connectivity index (χ0v) is 7.91. The van der Waals surface area contributed by atoms with Gasteiger partial charge in [-0.15, -0.1) is 0 Å². The Bertz CT molecular complexity index is 260. The molecule has 0 spiro atoms. The van der Waals surface area contributed by atoms with E-state index in [2.05, 4.69) is 5.32 Å². The lowest BCUT2D eigenvalue weighted by molar-refractivity contribution is -0.147. The SMILES string of the molecule is CC1C(=O)NC(C2CC2)C(=O)N1C. The van der Waals surface area contributed by atoms with Gasteiger partial charge in [0, 0.05) is 7.05 Å². The van der Waals surface area contributed by atoms with E-state index < -0.39 is 0 Å². The van der Waals surface area contributed by atoms with Gasteiger partial charge in [0.15, 0.2) is 0 Å². The second-order valence-corrected chi connectivity index (χ2v) is 3.95. The molecule has 4 heteroatoms. The van der Waals surface area contributed by atoms with E-state index in [0.29, 0.717) is 5.92 Å². The largest absolute Gasteiger partial charge is 0.342 e. The third kappa shape index (κ3) is 1.30. The smallest absolute Gasteiger partial charge is 0.245 e. The fraction of sp³-hybridized carbons (Fsp3) is 0.778. The van der Waals surface area contributed by atoms with Crippen LogP contribution >= 0.6 is 0 Å². The van der Waals surface area contributed by atoms with Crippen LogP contribution in [0.1, 0.15) is 19.8 Å². The number of nitrogens with one attached hydrogen (secondary N) is 1. The Morgan fingerprint density at radius 1 is 1.38 bits per heavy atom. The second kappa shape index (κ2) is 2.72. The minimum Gasteiger partial charge on any atom is -0.342 e. The number of hydrogen-bond acceptors (Lipinski definition) is 2. The Kier molecular flexibility index (Phi) is 1.78. The lowest BCUT2D eigenvalue weighted by Crippen LogP contribution is -2.61. The van der Waals surface area contributed by atoms with Crippen LogP contribution in [0.5, 0.6) is 0 Å². The van der Waals surface area contributed by atoms with Gasteiger partial charge in [-0.2, -0.15) is 0 Å². The highest BCUT2D eigenvalue weighted by molar-refractivity contribution is 5.96. The maximum atomic E-state index is 11.7. The fourth-order valence-electron chi connectivity index (χ4n) is 1.67. The summed E-state index contributed by atoms with van der Waals surface area (Å²) in [6.07, 6.45) is 2.14. The molecule has 0 aromatic carbocycles. The molecule has 0 aromatic rings. The van der Waals surface area contributed by atoms with Crippen molar-refractivity contribution in [2.45, 2.75) is 31.8 Å². The lowest BCUT2D eigenvalue weighted by Gasteiger charge is -2.34. The van der Waals surface area contributed by atoms with E-state index in [-0.39, 0.29) is 23.9 Å². The molecule has 1 N–H and O–H groups in total. The predicted molar refractivity (Wildman–Crippen MR) is 46.9 cm³/mol. The minimum absolute atomic E-state index is 0.0287. The summed E-state index contributed by atoms with van der Waals surface area (Å²) in [5, 5.41) is 2.78. The average molecular weight is 182 g/mol. The first-order chi connectivity index (χ1) is 6.11. The molecular weight excluding hydrogens is 168 g/mol. The van der Waals surface area contributed by atoms with Crippen LogP contribution in [0.3, 0.4) is 0 Å². The maximum Gasteiger partial charge on any atom is 0.245 e. The summed E-state index contributed by atoms with van der Waals surface area (Å²) in [6.45, 7) is 1.75. The minimum atomic E-state index is -0.317. The summed E-state index contributed by atoms with van der Waals surface area (Å²) in [4.78, 5) is 24.6. The van der Waals surface area contributed by atoms with E-state index in [4.69, 9.17) is 0 Å². The van der Waals surface area contributed by atoms with E-state index >= 15 is 0 Å². The van der Waals surface area contributed by atoms with Crippen molar-refractivity contribution in [3.8, 4) is 0 Å². The molecule has 1 saturated heterocycles. The number of rotatable bonds is 1. The Balaban J connectivity index is 2.14. The van der Waals surface area contributed by atoms with Crippen molar-refractivity contribution in [1.29, 1.82) is 0 Å². The molecule has 13 heavy (non-hydrogen) atoms. The third-order valence-electron chi connectivity index (χ3n) is 2.97. The molecule has 0 radical (unpaired) electrons. The molecule has 2 fully saturated rings. The molecule has 0 bridgehead atoms. The van der Waals surface area contributed by atoms with Gasteiger partial charge in [-0.1, -0.05) is 0 Å². The van der Waals surface area contributed by atoms with Gasteiger partial charge in [0.2, 0.25) is 11.8 Å². The Labute approximate surface area is 77.3 Å². The first-order valence-corrected chi connectivity index (χ1v) is 4.68. The zero-order chi connectivity index (χ0) is 9.59. The molecule has 2 atom stereocenters. The first-order valence-electron chi connectivity index (χ1n) is 4.68. The van der Waals surface area contributed by atoms with Crippen LogP contribution in [0, 0.1) is 5.92 Å². The zero-order valence-electron chi connectivity index (χ0n) is 7.91. The predicted octanol–water partition coefficient (Wildman–Crippen LogP) is -0.258. The number of carbonyl (C=O) groups excluding carboxylic acids is 2. The highest BCUT2D eigenvalue weighted by Gasteiger charge is 2.43. The molecular formula is C9H14N2O2. The van der Waals surface area contributed by atoms with Crippen molar-refractivity contribution < 1.29 is 9.59 Å². The average Bonchev–Trinajstić information content (AvgIpc) is 2.91. The molecule has 1 heterocycles. The van der Waals surface area contributed by atoms with E-state index in [9.17, 15) is 9.59 Å². The molecule has 1 aliphatic carbocycles. The highest BCUT2D eigenvalue weighted by Crippen LogP contribution is 2.34. The van der Waals surface area contributed by atoms with Crippen LogP contribution in [0.25, 0.3) is 0 Å². The molecule has 2 unspecified atom stereocenters. The van der Waals surface area contributed by atoms with Gasteiger partial charge in [-0.3, -0.25) is 9.59 Å². The van der Waals surface area contributed by atoms with E-state index in [1.54, 1.807) is 18.9 Å². The van der Waals surface area contributed by atoms with Gasteiger partial charge in [0.25, 0.3) is 0 Å². The Morgan fingerprint density at radius 2 is 2.00 bits per heavy atom. The van der Waals surface area contributed by atoms with Crippen molar-refractivity contribution in [3.63, 3.8) is 0 Å². The van der Waals surface area contributed by atoms with Gasteiger partial charge >= 0.3 is 0 Å². The van der Waals surface area contributed by atoms with Gasteiger partial charge in [-0.25, -0.2) is 0 Å². The lowest BCUT2D eigenvalue weighted by atomic mass is 10.1. The summed E-state index contributed by atoms with van der Waals surface area (Å²) in [6, 6.07) is -0.559. The van der Waals surface area contributed by atoms with Crippen LogP contribution in [-0.4, -0.2) is 35.8 Å². The summed E-state index contributed by atoms with van der Waals surface area (Å²) in [5.41, 5.74) is 0. The number of amides is 2. The summed E-state index contributed by atoms with van der Waals surface area (Å²) >= 11 is 0. The first kappa shape index (κ1) is 8.53. The number of nitrogens with zero attached hydrogens (tertiary/aromatic N) is 1. The van der Waals surface area contributed by atoms with E-state index in [0.717, 1.165) is 12.8 Å². The summed E-state index contributed by atoms with van der Waals surface area (Å²) in [5.74, 6) is 0.431. The normalized spacial score (nSPS) is 34.8. The van der Waals surface area contributed by atoms with E-state index in [1.165, 1.54) is 0 Å². The van der Waals surface area contributed by atoms with Crippen LogP contribution in [0.4, 0.5) is 0 Å². The molecule has 2 rings (SSSR count). The van der Waals surface area contributed by atoms with Crippen LogP contribution < -0.4 is 5.32 Å². The Morgan fingerprint density at radius 3 is 2.54 bits per heavy atom. The van der Waals surface area contributed by atoms with Crippen molar-refractivity contribution in [2.24, 2.45) is 5.92 Å². The van der Waals surface area contributed by atoms with Crippen molar-refractivity contribution in [3.05, 3.63) is 0 Å². The van der Waals surface area contributed by atoms with Crippen molar-refractivity contribution in [1.82, 2.24) is 10.2 Å². The van der Waals surface area contributed by atoms with Crippen LogP contribution in [-0.2, 0) is 9.59 Å². The molecule has 2 amide bonds. The van der Waals surface area contributed by atoms with Gasteiger partial charge in [0.05, 0.1) is 0 Å². The number of hydrogen-bond donors (Lipinski definition) is 1. The summed E-state index contributed by atoms with van der Waals surface area (Å²) in [7, 11) is 1.70. The van der Waals surface area contributed by atoms with Gasteiger partial charge < -0.3 is 10.2 Å². The molecule has 72 valence electrons. The molecule has 4 nitrogen and oxygen atoms in total. The molecule has 1 saturated carbocycles. The molecule has 2 aliphatic rings. The number of piperazine rings is 1. The molecule has 0 aromatic heterocycles. The van der Waals surface area contributed by atoms with Gasteiger partial charge in [-0.05, 0) is 25.7 Å². The maximum absolute atomic E-state index is 11.7. The third-order valence-corrected chi connectivity index (χ3v) is 2.97. The second-order valence-electron chi connectivity index (χ2n) is 3.95.